The number of fused-ring (bicyclic) bond motifs is 2. The Bertz CT molecular complexity index is 986. The van der Waals surface area contributed by atoms with E-state index in [-0.39, 0.29) is 24.8 Å². The van der Waals surface area contributed by atoms with Crippen LogP contribution in [0.5, 0.6) is 0 Å². The summed E-state index contributed by atoms with van der Waals surface area (Å²) >= 11 is -2.94. The molecule has 4 heteroatoms. The molecular formula is C25H34Cl2SiZr. The van der Waals surface area contributed by atoms with Crippen molar-refractivity contribution < 1.29 is 17.4 Å². The number of halogens is 2. The van der Waals surface area contributed by atoms with Gasteiger partial charge < -0.3 is 0 Å². The summed E-state index contributed by atoms with van der Waals surface area (Å²) in [4.78, 5) is 0. The van der Waals surface area contributed by atoms with Crippen LogP contribution in [0.15, 0.2) is 60.7 Å². The molecule has 2 aliphatic rings. The Kier molecular flexibility index (Phi) is 8.05. The van der Waals surface area contributed by atoms with Crippen LogP contribution in [0.25, 0.3) is 12.2 Å². The summed E-state index contributed by atoms with van der Waals surface area (Å²) < 4.78 is 7.05. The average Bonchev–Trinajstić information content (AvgIpc) is 3.26. The van der Waals surface area contributed by atoms with Crippen molar-refractivity contribution in [2.45, 2.75) is 48.6 Å². The Labute approximate surface area is 191 Å². The van der Waals surface area contributed by atoms with Crippen molar-refractivity contribution in [2.75, 3.05) is 0 Å². The first kappa shape index (κ1) is 24.9. The van der Waals surface area contributed by atoms with Crippen molar-refractivity contribution in [2.24, 2.45) is 0 Å². The zero-order valence-corrected chi connectivity index (χ0v) is 23.3. The molecule has 2 aliphatic carbocycles. The van der Waals surface area contributed by atoms with E-state index < -0.39 is 17.4 Å². The Morgan fingerprint density at radius 3 is 2.07 bits per heavy atom. The van der Waals surface area contributed by atoms with Gasteiger partial charge in [0.15, 0.2) is 0 Å². The Hall–Kier alpha value is -0.400. The van der Waals surface area contributed by atoms with Crippen LogP contribution in [0.4, 0.5) is 0 Å². The van der Waals surface area contributed by atoms with Crippen LogP contribution >= 0.6 is 24.8 Å². The van der Waals surface area contributed by atoms with E-state index in [0.29, 0.717) is 9.54 Å². The molecule has 0 amide bonds. The van der Waals surface area contributed by atoms with Crippen LogP contribution in [-0.2, 0) is 17.4 Å². The molecule has 29 heavy (non-hydrogen) atoms. The molecule has 0 spiro atoms. The zero-order valence-electron chi connectivity index (χ0n) is 17.8. The van der Waals surface area contributed by atoms with Crippen LogP contribution in [0.3, 0.4) is 0 Å². The molecule has 0 radical (unpaired) electrons. The fourth-order valence-electron chi connectivity index (χ4n) is 5.64. The molecule has 3 atom stereocenters. The average molecular weight is 525 g/mol. The monoisotopic (exact) mass is 522 g/mol. The van der Waals surface area contributed by atoms with Gasteiger partial charge in [0.1, 0.15) is 0 Å². The topological polar surface area (TPSA) is 0 Å². The van der Waals surface area contributed by atoms with Crippen LogP contribution < -0.4 is 0 Å². The molecule has 0 nitrogen and oxygen atoms in total. The summed E-state index contributed by atoms with van der Waals surface area (Å²) in [6, 6.07) is 18.0. The molecule has 4 rings (SSSR count). The predicted molar refractivity (Wildman–Crippen MR) is 134 cm³/mol. The van der Waals surface area contributed by atoms with Gasteiger partial charge in [-0.25, -0.2) is 0 Å². The van der Waals surface area contributed by atoms with Crippen molar-refractivity contribution in [1.82, 2.24) is 0 Å². The number of hydrogen-bond donors (Lipinski definition) is 0. The standard InChI is InChI=1S/C14H17.C9H7.2CH3.2ClH.H2Si.Zr/c1-2-3-4-7-12-10-11-13-8-5-6-9-14(12)13;1-2-5-9-7-3-6-8(9)4-1;;;;;;/h3,5-6,8-12H,2,4,7H2,1H3;1-7H;2*1H3;2*1H;1H2;. The molecule has 156 valence electrons. The van der Waals surface area contributed by atoms with Crippen LogP contribution in [-0.4, -0.2) is 6.88 Å². The maximum absolute atomic E-state index is 2.94. The second-order valence-electron chi connectivity index (χ2n) is 9.68. The van der Waals surface area contributed by atoms with Gasteiger partial charge in [-0.1, -0.05) is 0 Å². The molecule has 0 saturated heterocycles. The number of benzene rings is 2. The van der Waals surface area contributed by atoms with Gasteiger partial charge in [0.2, 0.25) is 0 Å². The SMILES string of the molecule is CC[CH](CCC1C=Cc2ccccc21)[Zr]([CH3])([CH3])(=[SiH2])[CH]1C=Cc2ccccc21.Cl.Cl. The van der Waals surface area contributed by atoms with Gasteiger partial charge in [-0.2, -0.15) is 0 Å². The Morgan fingerprint density at radius 2 is 1.41 bits per heavy atom. The molecule has 0 N–H and O–H groups in total. The van der Waals surface area contributed by atoms with Crippen LogP contribution in [0.1, 0.15) is 58.0 Å². The van der Waals surface area contributed by atoms with Crippen molar-refractivity contribution in [3.63, 3.8) is 0 Å². The minimum absolute atomic E-state index is 0. The van der Waals surface area contributed by atoms with Crippen LogP contribution in [0, 0.1) is 0 Å². The summed E-state index contributed by atoms with van der Waals surface area (Å²) in [5, 5.41) is 0. The van der Waals surface area contributed by atoms with Crippen molar-refractivity contribution in [3.05, 3.63) is 82.9 Å². The number of allylic oxidation sites excluding steroid dienone is 2. The third kappa shape index (κ3) is 4.62. The van der Waals surface area contributed by atoms with Gasteiger partial charge in [0, 0.05) is 0 Å². The first-order chi connectivity index (χ1) is 12.9. The molecule has 0 aliphatic heterocycles. The molecular weight excluding hydrogens is 490 g/mol. The smallest absolute Gasteiger partial charge is 0.147 e. The summed E-state index contributed by atoms with van der Waals surface area (Å²) in [5.74, 6) is 0.621. The van der Waals surface area contributed by atoms with Crippen molar-refractivity contribution in [3.8, 4) is 0 Å². The van der Waals surface area contributed by atoms with Gasteiger partial charge in [0.25, 0.3) is 0 Å². The molecule has 0 aromatic heterocycles. The molecule has 3 unspecified atom stereocenters. The van der Waals surface area contributed by atoms with Crippen LogP contribution in [0.2, 0.25) is 12.9 Å². The predicted octanol–water partition coefficient (Wildman–Crippen LogP) is 7.72. The van der Waals surface area contributed by atoms with Gasteiger partial charge >= 0.3 is 168 Å². The molecule has 2 aromatic carbocycles. The first-order valence-corrected chi connectivity index (χ1v) is 24.2. The summed E-state index contributed by atoms with van der Waals surface area (Å²) in [6.07, 6.45) is 13.7. The van der Waals surface area contributed by atoms with E-state index in [2.05, 4.69) is 95.9 Å². The normalized spacial score (nSPS) is 20.4. The molecule has 0 fully saturated rings. The number of rotatable bonds is 6. The van der Waals surface area contributed by atoms with Crippen molar-refractivity contribution in [1.29, 1.82) is 0 Å². The fraction of sp³-hybridized carbons (Fsp3) is 0.360. The van der Waals surface area contributed by atoms with Crippen molar-refractivity contribution >= 4 is 43.8 Å². The van der Waals surface area contributed by atoms with E-state index in [0.717, 1.165) is 3.63 Å². The summed E-state index contributed by atoms with van der Waals surface area (Å²) in [5.41, 5.74) is 6.03. The first-order valence-electron chi connectivity index (χ1n) is 10.5. The van der Waals surface area contributed by atoms with Gasteiger partial charge in [-0.15, -0.1) is 24.8 Å². The van der Waals surface area contributed by atoms with Gasteiger partial charge in [-0.05, 0) is 0 Å². The maximum atomic E-state index is 2.73. The maximum Gasteiger partial charge on any atom is -0.147 e. The van der Waals surface area contributed by atoms with E-state index in [9.17, 15) is 0 Å². The molecule has 0 bridgehead atoms. The van der Waals surface area contributed by atoms with E-state index in [4.69, 9.17) is 0 Å². The van der Waals surface area contributed by atoms with Gasteiger partial charge in [-0.3, -0.25) is 0 Å². The summed E-state index contributed by atoms with van der Waals surface area (Å²) in [6.45, 7) is 4.88. The molecule has 0 heterocycles. The Morgan fingerprint density at radius 1 is 0.862 bits per heavy atom. The van der Waals surface area contributed by atoms with Gasteiger partial charge in [0.05, 0.1) is 0 Å². The fourth-order valence-corrected chi connectivity index (χ4v) is 22.9. The number of hydrogen-bond acceptors (Lipinski definition) is 0. The Balaban J connectivity index is 0.00000150. The largest absolute Gasteiger partial charge is 0.147 e. The minimum Gasteiger partial charge on any atom is -0.147 e. The van der Waals surface area contributed by atoms with E-state index >= 15 is 0 Å². The van der Waals surface area contributed by atoms with E-state index in [1.165, 1.54) is 30.4 Å². The minimum atomic E-state index is -2.94. The second kappa shape index (κ2) is 9.39. The van der Waals surface area contributed by atoms with E-state index in [1.54, 1.807) is 11.1 Å². The quantitative estimate of drug-likeness (QED) is 0.339. The summed E-state index contributed by atoms with van der Waals surface area (Å²) in [7, 11) is 0. The third-order valence-electron chi connectivity index (χ3n) is 7.38. The third-order valence-corrected chi connectivity index (χ3v) is 28.0. The second-order valence-corrected chi connectivity index (χ2v) is 40.8. The molecule has 0 saturated carbocycles. The zero-order chi connectivity index (χ0) is 19.1. The molecule has 2 aromatic rings. The van der Waals surface area contributed by atoms with E-state index in [1.807, 2.05) is 0 Å².